The lowest BCUT2D eigenvalue weighted by molar-refractivity contribution is -0.150. The van der Waals surface area contributed by atoms with Gasteiger partial charge in [0.1, 0.15) is 5.54 Å². The summed E-state index contributed by atoms with van der Waals surface area (Å²) < 4.78 is 5.09. The van der Waals surface area contributed by atoms with Gasteiger partial charge in [-0.2, -0.15) is 0 Å². The lowest BCUT2D eigenvalue weighted by atomic mass is 9.92. The van der Waals surface area contributed by atoms with Crippen molar-refractivity contribution in [3.63, 3.8) is 0 Å². The van der Waals surface area contributed by atoms with Gasteiger partial charge in [-0.15, -0.1) is 6.42 Å². The van der Waals surface area contributed by atoms with Crippen LogP contribution in [0.25, 0.3) is 0 Å². The Bertz CT molecular complexity index is 450. The molecule has 1 N–H and O–H groups in total. The Morgan fingerprint density at radius 1 is 1.50 bits per heavy atom. The van der Waals surface area contributed by atoms with Crippen LogP contribution in [0.2, 0.25) is 5.02 Å². The van der Waals surface area contributed by atoms with E-state index in [2.05, 4.69) is 11.2 Å². The van der Waals surface area contributed by atoms with Crippen molar-refractivity contribution in [3.05, 3.63) is 34.9 Å². The normalized spacial score (nSPS) is 13.4. The summed E-state index contributed by atoms with van der Waals surface area (Å²) in [6, 6.07) is 7.02. The average molecular weight is 266 g/mol. The number of terminal acetylenes is 1. The first-order valence-electron chi connectivity index (χ1n) is 5.66. The molecule has 3 nitrogen and oxygen atoms in total. The number of benzene rings is 1. The fourth-order valence-corrected chi connectivity index (χ4v) is 1.70. The highest BCUT2D eigenvalue weighted by Crippen LogP contribution is 2.24. The van der Waals surface area contributed by atoms with Crippen molar-refractivity contribution in [2.75, 3.05) is 13.2 Å². The Hall–Kier alpha value is -1.50. The van der Waals surface area contributed by atoms with Crippen LogP contribution in [0.4, 0.5) is 0 Å². The predicted molar refractivity (Wildman–Crippen MR) is 72.3 cm³/mol. The third-order valence-corrected chi connectivity index (χ3v) is 2.90. The molecule has 0 saturated carbocycles. The molecule has 1 aromatic carbocycles. The number of hydrogen-bond acceptors (Lipinski definition) is 3. The Morgan fingerprint density at radius 3 is 2.61 bits per heavy atom. The van der Waals surface area contributed by atoms with Crippen molar-refractivity contribution in [2.24, 2.45) is 0 Å². The molecule has 1 unspecified atom stereocenters. The van der Waals surface area contributed by atoms with Gasteiger partial charge in [0, 0.05) is 5.02 Å². The number of hydrogen-bond donors (Lipinski definition) is 1. The Kier molecular flexibility index (Phi) is 5.21. The zero-order valence-electron chi connectivity index (χ0n) is 10.5. The third kappa shape index (κ3) is 3.25. The maximum atomic E-state index is 12.1. The number of ether oxygens (including phenoxy) is 1. The number of carbonyl (C=O) groups is 1. The molecular formula is C14H16ClNO2. The second-order valence-corrected chi connectivity index (χ2v) is 4.35. The van der Waals surface area contributed by atoms with Crippen molar-refractivity contribution in [1.82, 2.24) is 5.32 Å². The van der Waals surface area contributed by atoms with Gasteiger partial charge in [0.15, 0.2) is 0 Å². The van der Waals surface area contributed by atoms with E-state index >= 15 is 0 Å². The molecule has 0 heterocycles. The highest BCUT2D eigenvalue weighted by Gasteiger charge is 2.35. The van der Waals surface area contributed by atoms with Crippen LogP contribution in [0, 0.1) is 12.3 Å². The minimum atomic E-state index is -0.965. The van der Waals surface area contributed by atoms with Gasteiger partial charge in [0.25, 0.3) is 0 Å². The third-order valence-electron chi connectivity index (χ3n) is 2.65. The maximum absolute atomic E-state index is 12.1. The molecule has 0 aliphatic heterocycles. The maximum Gasteiger partial charge on any atom is 0.330 e. The molecule has 0 saturated heterocycles. The van der Waals surface area contributed by atoms with Gasteiger partial charge >= 0.3 is 5.97 Å². The molecule has 1 atom stereocenters. The number of esters is 1. The standard InChI is InChI=1S/C14H16ClNO2/c1-4-10-16-14(3,13(17)18-5-2)11-6-8-12(15)9-7-11/h1,6-9,16H,5,10H2,2-3H3. The first kappa shape index (κ1) is 14.6. The summed E-state index contributed by atoms with van der Waals surface area (Å²) in [5.41, 5.74) is -0.201. The SMILES string of the molecule is C#CCNC(C)(C(=O)OCC)c1ccc(Cl)cc1. The Balaban J connectivity index is 3.07. The second kappa shape index (κ2) is 6.44. The molecule has 4 heteroatoms. The van der Waals surface area contributed by atoms with Gasteiger partial charge < -0.3 is 4.74 Å². The molecule has 0 spiro atoms. The van der Waals surface area contributed by atoms with E-state index in [-0.39, 0.29) is 12.5 Å². The minimum absolute atomic E-state index is 0.276. The average Bonchev–Trinajstić information content (AvgIpc) is 2.37. The Labute approximate surface area is 112 Å². The molecular weight excluding hydrogens is 250 g/mol. The predicted octanol–water partition coefficient (Wildman–Crippen LogP) is 2.34. The zero-order valence-corrected chi connectivity index (χ0v) is 11.3. The van der Waals surface area contributed by atoms with Crippen LogP contribution in [-0.4, -0.2) is 19.1 Å². The highest BCUT2D eigenvalue weighted by molar-refractivity contribution is 6.30. The smallest absolute Gasteiger partial charge is 0.330 e. The molecule has 0 fully saturated rings. The zero-order chi connectivity index (χ0) is 13.6. The monoisotopic (exact) mass is 265 g/mol. The molecule has 0 aliphatic rings. The number of nitrogens with one attached hydrogen (secondary N) is 1. The lowest BCUT2D eigenvalue weighted by Crippen LogP contribution is -2.47. The molecule has 0 aromatic heterocycles. The van der Waals surface area contributed by atoms with E-state index in [0.717, 1.165) is 5.56 Å². The van der Waals surface area contributed by atoms with Gasteiger partial charge in [0.2, 0.25) is 0 Å². The van der Waals surface area contributed by atoms with Gasteiger partial charge in [-0.25, -0.2) is 4.79 Å². The van der Waals surface area contributed by atoms with Crippen LogP contribution < -0.4 is 5.32 Å². The quantitative estimate of drug-likeness (QED) is 0.656. The molecule has 0 bridgehead atoms. The van der Waals surface area contributed by atoms with Gasteiger partial charge in [-0.3, -0.25) is 5.32 Å². The first-order valence-corrected chi connectivity index (χ1v) is 6.04. The fourth-order valence-electron chi connectivity index (χ4n) is 1.58. The minimum Gasteiger partial charge on any atom is -0.464 e. The molecule has 0 amide bonds. The van der Waals surface area contributed by atoms with E-state index in [1.54, 1.807) is 38.1 Å². The highest BCUT2D eigenvalue weighted by atomic mass is 35.5. The molecule has 1 rings (SSSR count). The van der Waals surface area contributed by atoms with Crippen LogP contribution in [0.5, 0.6) is 0 Å². The van der Waals surface area contributed by atoms with Crippen LogP contribution in [0.15, 0.2) is 24.3 Å². The number of halogens is 1. The van der Waals surface area contributed by atoms with E-state index in [1.165, 1.54) is 0 Å². The van der Waals surface area contributed by atoms with Gasteiger partial charge in [-0.05, 0) is 31.5 Å². The fraction of sp³-hybridized carbons (Fsp3) is 0.357. The van der Waals surface area contributed by atoms with Gasteiger partial charge in [-0.1, -0.05) is 29.7 Å². The van der Waals surface area contributed by atoms with Crippen LogP contribution in [0.1, 0.15) is 19.4 Å². The summed E-state index contributed by atoms with van der Waals surface area (Å²) in [5.74, 6) is 2.10. The largest absolute Gasteiger partial charge is 0.464 e. The summed E-state index contributed by atoms with van der Waals surface area (Å²) >= 11 is 5.84. The summed E-state index contributed by atoms with van der Waals surface area (Å²) in [6.45, 7) is 4.10. The second-order valence-electron chi connectivity index (χ2n) is 3.91. The molecule has 18 heavy (non-hydrogen) atoms. The summed E-state index contributed by atoms with van der Waals surface area (Å²) in [6.07, 6.45) is 5.23. The Morgan fingerprint density at radius 2 is 2.11 bits per heavy atom. The van der Waals surface area contributed by atoms with Gasteiger partial charge in [0.05, 0.1) is 13.2 Å². The molecule has 96 valence electrons. The number of carbonyl (C=O) groups excluding carboxylic acids is 1. The molecule has 0 radical (unpaired) electrons. The van der Waals surface area contributed by atoms with E-state index in [0.29, 0.717) is 11.6 Å². The number of rotatable bonds is 5. The first-order chi connectivity index (χ1) is 8.54. The molecule has 1 aromatic rings. The van der Waals surface area contributed by atoms with Crippen molar-refractivity contribution >= 4 is 17.6 Å². The van der Waals surface area contributed by atoms with Crippen molar-refractivity contribution in [1.29, 1.82) is 0 Å². The van der Waals surface area contributed by atoms with Crippen molar-refractivity contribution in [2.45, 2.75) is 19.4 Å². The topological polar surface area (TPSA) is 38.3 Å². The summed E-state index contributed by atoms with van der Waals surface area (Å²) in [4.78, 5) is 12.1. The summed E-state index contributed by atoms with van der Waals surface area (Å²) in [7, 11) is 0. The van der Waals surface area contributed by atoms with Crippen LogP contribution >= 0.6 is 11.6 Å². The van der Waals surface area contributed by atoms with Crippen molar-refractivity contribution < 1.29 is 9.53 Å². The lowest BCUT2D eigenvalue weighted by Gasteiger charge is -2.28. The van der Waals surface area contributed by atoms with Crippen LogP contribution in [-0.2, 0) is 15.1 Å². The molecule has 0 aliphatic carbocycles. The van der Waals surface area contributed by atoms with E-state index in [9.17, 15) is 4.79 Å². The van der Waals surface area contributed by atoms with E-state index < -0.39 is 5.54 Å². The van der Waals surface area contributed by atoms with E-state index in [1.807, 2.05) is 0 Å². The summed E-state index contributed by atoms with van der Waals surface area (Å²) in [5, 5.41) is 3.63. The van der Waals surface area contributed by atoms with Crippen molar-refractivity contribution in [3.8, 4) is 12.3 Å². The van der Waals surface area contributed by atoms with E-state index in [4.69, 9.17) is 22.8 Å². The van der Waals surface area contributed by atoms with Crippen LogP contribution in [0.3, 0.4) is 0 Å².